The van der Waals surface area contributed by atoms with Crippen molar-refractivity contribution in [3.63, 3.8) is 0 Å². The molecule has 0 amide bonds. The van der Waals surface area contributed by atoms with Crippen molar-refractivity contribution in [3.8, 4) is 6.07 Å². The van der Waals surface area contributed by atoms with Gasteiger partial charge in [0.1, 0.15) is 5.69 Å². The first-order chi connectivity index (χ1) is 7.77. The maximum absolute atomic E-state index is 13.2. The van der Waals surface area contributed by atoms with Crippen LogP contribution in [-0.2, 0) is 12.6 Å². The first kappa shape index (κ1) is 13.3. The van der Waals surface area contributed by atoms with Gasteiger partial charge in [-0.1, -0.05) is 0 Å². The summed E-state index contributed by atoms with van der Waals surface area (Å²) in [5, 5.41) is 8.26. The minimum Gasteiger partial charge on any atom is -0.239 e. The summed E-state index contributed by atoms with van der Waals surface area (Å²) in [4.78, 5) is 2.53. The largest absolute Gasteiger partial charge is 0.436 e. The second-order valence-corrected chi connectivity index (χ2v) is 3.00. The van der Waals surface area contributed by atoms with E-state index in [1.165, 1.54) is 6.07 Å². The molecule has 0 aromatic carbocycles. The third-order valence-electron chi connectivity index (χ3n) is 1.81. The van der Waals surface area contributed by atoms with Crippen LogP contribution in [0, 0.1) is 17.1 Å². The fourth-order valence-corrected chi connectivity index (χ4v) is 1.12. The number of nitrogens with zero attached hydrogens (tertiary/aromatic N) is 2. The van der Waals surface area contributed by atoms with E-state index in [1.807, 2.05) is 0 Å². The quantitative estimate of drug-likeness (QED) is 0.759. The molecule has 8 heteroatoms. The zero-order chi connectivity index (χ0) is 13.2. The molecule has 0 fully saturated rings. The van der Waals surface area contributed by atoms with Crippen LogP contribution in [0.2, 0.25) is 0 Å². The third kappa shape index (κ3) is 2.87. The molecule has 92 valence electrons. The van der Waals surface area contributed by atoms with Gasteiger partial charge >= 0.3 is 6.18 Å². The standard InChI is InChI=1S/C9H4F6N2/c10-6-4(1-2-16)3-5(8(11)12)17-7(6)9(13,14)15/h3,8H,1H2. The molecule has 0 N–H and O–H groups in total. The molecule has 0 aliphatic carbocycles. The Hall–Kier alpha value is -1.78. The molecule has 0 atom stereocenters. The maximum Gasteiger partial charge on any atom is 0.436 e. The topological polar surface area (TPSA) is 36.7 Å². The highest BCUT2D eigenvalue weighted by Gasteiger charge is 2.38. The first-order valence-electron chi connectivity index (χ1n) is 4.19. The lowest BCUT2D eigenvalue weighted by molar-refractivity contribution is -0.144. The second kappa shape index (κ2) is 4.61. The van der Waals surface area contributed by atoms with Crippen LogP contribution in [0.3, 0.4) is 0 Å². The molecule has 17 heavy (non-hydrogen) atoms. The van der Waals surface area contributed by atoms with E-state index in [1.54, 1.807) is 0 Å². The molecule has 0 aliphatic heterocycles. The van der Waals surface area contributed by atoms with Gasteiger partial charge in [0.05, 0.1) is 12.5 Å². The van der Waals surface area contributed by atoms with E-state index in [0.29, 0.717) is 6.07 Å². The predicted octanol–water partition coefficient (Wildman–Crippen LogP) is 3.24. The van der Waals surface area contributed by atoms with Crippen molar-refractivity contribution in [1.82, 2.24) is 4.98 Å². The van der Waals surface area contributed by atoms with Crippen LogP contribution >= 0.6 is 0 Å². The van der Waals surface area contributed by atoms with Crippen molar-refractivity contribution in [2.45, 2.75) is 19.0 Å². The number of alkyl halides is 5. The molecular formula is C9H4F6N2. The van der Waals surface area contributed by atoms with Crippen LogP contribution in [0.4, 0.5) is 26.3 Å². The average Bonchev–Trinajstić information content (AvgIpc) is 2.19. The van der Waals surface area contributed by atoms with E-state index in [-0.39, 0.29) is 0 Å². The Morgan fingerprint density at radius 2 is 1.94 bits per heavy atom. The Bertz CT molecular complexity index is 460. The van der Waals surface area contributed by atoms with Crippen molar-refractivity contribution in [2.75, 3.05) is 0 Å². The highest BCUT2D eigenvalue weighted by molar-refractivity contribution is 5.28. The fraction of sp³-hybridized carbons (Fsp3) is 0.333. The molecule has 0 radical (unpaired) electrons. The molecule has 0 aliphatic rings. The van der Waals surface area contributed by atoms with Crippen LogP contribution in [0.25, 0.3) is 0 Å². The number of pyridine rings is 1. The molecule has 0 bridgehead atoms. The SMILES string of the molecule is N#CCc1cc(C(F)F)nc(C(F)(F)F)c1F. The van der Waals surface area contributed by atoms with E-state index in [0.717, 1.165) is 0 Å². The molecule has 1 heterocycles. The van der Waals surface area contributed by atoms with Gasteiger partial charge in [0.15, 0.2) is 11.5 Å². The lowest BCUT2D eigenvalue weighted by atomic mass is 10.1. The Labute approximate surface area is 91.5 Å². The van der Waals surface area contributed by atoms with E-state index in [2.05, 4.69) is 4.98 Å². The summed E-state index contributed by atoms with van der Waals surface area (Å²) in [6.45, 7) is 0. The number of hydrogen-bond acceptors (Lipinski definition) is 2. The minimum absolute atomic E-state index is 0.457. The molecule has 0 saturated carbocycles. The number of nitriles is 1. The van der Waals surface area contributed by atoms with Gasteiger partial charge in [0.2, 0.25) is 0 Å². The fourth-order valence-electron chi connectivity index (χ4n) is 1.12. The number of aromatic nitrogens is 1. The summed E-state index contributed by atoms with van der Waals surface area (Å²) in [6, 6.07) is 1.85. The maximum atomic E-state index is 13.2. The Morgan fingerprint density at radius 3 is 2.35 bits per heavy atom. The van der Waals surface area contributed by atoms with Gasteiger partial charge in [-0.05, 0) is 6.07 Å². The molecular weight excluding hydrogens is 250 g/mol. The van der Waals surface area contributed by atoms with Gasteiger partial charge < -0.3 is 0 Å². The van der Waals surface area contributed by atoms with Gasteiger partial charge in [-0.2, -0.15) is 18.4 Å². The van der Waals surface area contributed by atoms with Crippen LogP contribution in [0.5, 0.6) is 0 Å². The lowest BCUT2D eigenvalue weighted by Gasteiger charge is -2.11. The first-order valence-corrected chi connectivity index (χ1v) is 4.19. The Morgan fingerprint density at radius 1 is 1.35 bits per heavy atom. The Kier molecular flexibility index (Phi) is 3.60. The van der Waals surface area contributed by atoms with Crippen molar-refractivity contribution in [3.05, 3.63) is 28.8 Å². The minimum atomic E-state index is -5.18. The van der Waals surface area contributed by atoms with Gasteiger partial charge in [-0.25, -0.2) is 18.2 Å². The van der Waals surface area contributed by atoms with Crippen LogP contribution in [0.1, 0.15) is 23.4 Å². The molecule has 0 unspecified atom stereocenters. The van der Waals surface area contributed by atoms with Gasteiger partial charge in [0.25, 0.3) is 6.43 Å². The van der Waals surface area contributed by atoms with Crippen LogP contribution in [-0.4, -0.2) is 4.98 Å². The number of hydrogen-bond donors (Lipinski definition) is 0. The number of rotatable bonds is 2. The van der Waals surface area contributed by atoms with Crippen molar-refractivity contribution in [2.24, 2.45) is 0 Å². The zero-order valence-electron chi connectivity index (χ0n) is 8.02. The average molecular weight is 254 g/mol. The van der Waals surface area contributed by atoms with Crippen LogP contribution < -0.4 is 0 Å². The van der Waals surface area contributed by atoms with Crippen molar-refractivity contribution >= 4 is 0 Å². The number of halogens is 6. The summed E-state index contributed by atoms with van der Waals surface area (Å²) >= 11 is 0. The summed E-state index contributed by atoms with van der Waals surface area (Å²) in [5.74, 6) is -1.79. The Balaban J connectivity index is 3.44. The molecule has 0 saturated heterocycles. The van der Waals surface area contributed by atoms with E-state index in [4.69, 9.17) is 5.26 Å². The summed E-state index contributed by atoms with van der Waals surface area (Å²) in [6.07, 6.45) is -9.19. The van der Waals surface area contributed by atoms with Crippen LogP contribution in [0.15, 0.2) is 6.07 Å². The molecule has 0 spiro atoms. The highest BCUT2D eigenvalue weighted by atomic mass is 19.4. The van der Waals surface area contributed by atoms with E-state index in [9.17, 15) is 26.3 Å². The molecule has 1 aromatic rings. The predicted molar refractivity (Wildman–Crippen MR) is 43.5 cm³/mol. The smallest absolute Gasteiger partial charge is 0.239 e. The van der Waals surface area contributed by atoms with Gasteiger partial charge in [0, 0.05) is 5.56 Å². The lowest BCUT2D eigenvalue weighted by Crippen LogP contribution is -2.15. The normalized spacial score (nSPS) is 11.6. The molecule has 2 nitrogen and oxygen atoms in total. The summed E-state index contributed by atoms with van der Waals surface area (Å²) < 4.78 is 74.6. The van der Waals surface area contributed by atoms with E-state index >= 15 is 0 Å². The monoisotopic (exact) mass is 254 g/mol. The third-order valence-corrected chi connectivity index (χ3v) is 1.81. The second-order valence-electron chi connectivity index (χ2n) is 3.00. The van der Waals surface area contributed by atoms with Crippen molar-refractivity contribution < 1.29 is 26.3 Å². The summed E-state index contributed by atoms with van der Waals surface area (Å²) in [7, 11) is 0. The van der Waals surface area contributed by atoms with E-state index < -0.39 is 41.8 Å². The molecule has 1 aromatic heterocycles. The van der Waals surface area contributed by atoms with Crippen molar-refractivity contribution in [1.29, 1.82) is 5.26 Å². The summed E-state index contributed by atoms with van der Waals surface area (Å²) in [5.41, 5.74) is -3.98. The van der Waals surface area contributed by atoms with Gasteiger partial charge in [-0.15, -0.1) is 0 Å². The zero-order valence-corrected chi connectivity index (χ0v) is 8.02. The van der Waals surface area contributed by atoms with Gasteiger partial charge in [-0.3, -0.25) is 0 Å². The molecule has 1 rings (SSSR count). The highest BCUT2D eigenvalue weighted by Crippen LogP contribution is 2.33.